The van der Waals surface area contributed by atoms with E-state index in [1.165, 1.54) is 109 Å². The van der Waals surface area contributed by atoms with Crippen LogP contribution in [-0.2, 0) is 18.4 Å². The summed E-state index contributed by atoms with van der Waals surface area (Å²) < 4.78 is 23.3. The van der Waals surface area contributed by atoms with Crippen molar-refractivity contribution in [1.29, 1.82) is 0 Å². The summed E-state index contributed by atoms with van der Waals surface area (Å²) in [7, 11) is 1.30. The Hall–Kier alpha value is -1.54. The number of hydrogen-bond donors (Lipinski definition) is 2. The maximum Gasteiger partial charge on any atom is 0.268 e. The number of carbonyl (C=O) groups is 1. The second-order valence-corrected chi connectivity index (χ2v) is 18.5. The van der Waals surface area contributed by atoms with Gasteiger partial charge in [0.2, 0.25) is 5.91 Å². The van der Waals surface area contributed by atoms with Crippen molar-refractivity contribution in [2.24, 2.45) is 0 Å². The van der Waals surface area contributed by atoms with Gasteiger partial charge in [0.15, 0.2) is 0 Å². The van der Waals surface area contributed by atoms with Gasteiger partial charge in [0.25, 0.3) is 7.82 Å². The third-order valence-corrected chi connectivity index (χ3v) is 11.3. The minimum atomic E-state index is -4.56. The summed E-state index contributed by atoms with van der Waals surface area (Å²) >= 11 is 0. The van der Waals surface area contributed by atoms with Crippen molar-refractivity contribution < 1.29 is 32.9 Å². The first-order chi connectivity index (χ1) is 27.5. The lowest BCUT2D eigenvalue weighted by Crippen LogP contribution is -2.46. The predicted octanol–water partition coefficient (Wildman–Crippen LogP) is 12.6. The summed E-state index contributed by atoms with van der Waals surface area (Å²) in [4.78, 5) is 25.3. The standard InChI is InChI=1S/C48H91N2O6P/c1-6-8-10-12-14-16-18-20-21-22-23-24-25-26-27-28-29-30-32-34-36-38-40-42-48(52)49-46(45-56-57(53,54)55-44-43-50(3,4)5)47(51)41-39-37-35-33-31-19-17-15-13-11-9-7-2/h8,10,14,16,20-21,23-24,46-47,51H,6-7,9,11-13,15,17-19,22,25-45H2,1-5H3,(H-,49,52,53,54)/b10-8-,16-14-,21-20-,24-23-. The summed E-state index contributed by atoms with van der Waals surface area (Å²) in [5.41, 5.74) is 0. The Balaban J connectivity index is 4.25. The molecule has 0 aliphatic rings. The number of nitrogens with one attached hydrogen (secondary N) is 1. The van der Waals surface area contributed by atoms with Crippen molar-refractivity contribution in [2.75, 3.05) is 40.9 Å². The van der Waals surface area contributed by atoms with Crippen LogP contribution in [0, 0.1) is 0 Å². The van der Waals surface area contributed by atoms with Crippen LogP contribution in [0.2, 0.25) is 0 Å². The van der Waals surface area contributed by atoms with Gasteiger partial charge in [0, 0.05) is 6.42 Å². The van der Waals surface area contributed by atoms with E-state index in [4.69, 9.17) is 9.05 Å². The van der Waals surface area contributed by atoms with Crippen LogP contribution >= 0.6 is 7.82 Å². The molecule has 334 valence electrons. The molecule has 9 heteroatoms. The molecule has 0 bridgehead atoms. The van der Waals surface area contributed by atoms with Crippen molar-refractivity contribution in [3.63, 3.8) is 0 Å². The summed E-state index contributed by atoms with van der Waals surface area (Å²) in [5.74, 6) is -0.172. The normalized spacial score (nSPS) is 14.7. The quantitative estimate of drug-likeness (QED) is 0.0275. The van der Waals surface area contributed by atoms with E-state index in [0.29, 0.717) is 23.9 Å². The molecular weight excluding hydrogens is 732 g/mol. The smallest absolute Gasteiger partial charge is 0.268 e. The molecule has 0 aliphatic carbocycles. The van der Waals surface area contributed by atoms with Crippen LogP contribution in [0.3, 0.4) is 0 Å². The molecule has 3 unspecified atom stereocenters. The molecule has 0 aromatic heterocycles. The Morgan fingerprint density at radius 2 is 1.07 bits per heavy atom. The highest BCUT2D eigenvalue weighted by atomic mass is 31.2. The number of quaternary nitrogens is 1. The minimum Gasteiger partial charge on any atom is -0.756 e. The molecule has 2 N–H and O–H groups in total. The Kier molecular flexibility index (Phi) is 38.8. The maximum atomic E-state index is 12.9. The topological polar surface area (TPSA) is 108 Å². The first-order valence-electron chi connectivity index (χ1n) is 23.5. The van der Waals surface area contributed by atoms with E-state index in [9.17, 15) is 19.4 Å². The molecule has 8 nitrogen and oxygen atoms in total. The van der Waals surface area contributed by atoms with Gasteiger partial charge < -0.3 is 28.8 Å². The first-order valence-corrected chi connectivity index (χ1v) is 24.9. The van der Waals surface area contributed by atoms with Crippen LogP contribution in [0.1, 0.15) is 200 Å². The summed E-state index contributed by atoms with van der Waals surface area (Å²) in [5, 5.41) is 13.9. The van der Waals surface area contributed by atoms with Gasteiger partial charge in [-0.25, -0.2) is 0 Å². The van der Waals surface area contributed by atoms with E-state index in [1.54, 1.807) is 0 Å². The lowest BCUT2D eigenvalue weighted by atomic mass is 10.0. The zero-order valence-corrected chi connectivity index (χ0v) is 38.7. The second kappa shape index (κ2) is 39.9. The SMILES string of the molecule is CC/C=C\C/C=C\C/C=C\C/C=C\CCCCCCCCCCCCC(=O)NC(COP(=O)([O-])OCC[N+](C)(C)C)C(O)CCCCCCCCCCCCCC. The van der Waals surface area contributed by atoms with Gasteiger partial charge in [0.05, 0.1) is 39.9 Å². The van der Waals surface area contributed by atoms with Crippen LogP contribution in [0.5, 0.6) is 0 Å². The van der Waals surface area contributed by atoms with Gasteiger partial charge in [-0.15, -0.1) is 0 Å². The Labute approximate surface area is 352 Å². The number of hydrogen-bond acceptors (Lipinski definition) is 6. The zero-order valence-electron chi connectivity index (χ0n) is 37.8. The molecule has 0 rings (SSSR count). The molecule has 1 amide bonds. The summed E-state index contributed by atoms with van der Waals surface area (Å²) in [6, 6.07) is -0.802. The number of unbranched alkanes of at least 4 members (excludes halogenated alkanes) is 21. The number of aliphatic hydroxyl groups is 1. The molecular formula is C48H91N2O6P. The van der Waals surface area contributed by atoms with Crippen LogP contribution in [0.4, 0.5) is 0 Å². The molecule has 0 aliphatic heterocycles. The van der Waals surface area contributed by atoms with Gasteiger partial charge in [-0.05, 0) is 51.4 Å². The molecule has 57 heavy (non-hydrogen) atoms. The zero-order chi connectivity index (χ0) is 42.1. The Morgan fingerprint density at radius 3 is 1.56 bits per heavy atom. The van der Waals surface area contributed by atoms with Crippen molar-refractivity contribution in [3.05, 3.63) is 48.6 Å². The van der Waals surface area contributed by atoms with Crippen molar-refractivity contribution in [3.8, 4) is 0 Å². The Bertz CT molecular complexity index is 1070. The molecule has 0 saturated carbocycles. The van der Waals surface area contributed by atoms with Crippen molar-refractivity contribution >= 4 is 13.7 Å². The molecule has 0 saturated heterocycles. The third-order valence-electron chi connectivity index (χ3n) is 10.3. The molecule has 0 fully saturated rings. The number of nitrogens with zero attached hydrogens (tertiary/aromatic N) is 1. The average Bonchev–Trinajstić information content (AvgIpc) is 3.16. The molecule has 3 atom stereocenters. The fourth-order valence-corrected chi connectivity index (χ4v) is 7.34. The monoisotopic (exact) mass is 823 g/mol. The van der Waals surface area contributed by atoms with E-state index in [1.807, 2.05) is 21.1 Å². The highest BCUT2D eigenvalue weighted by Gasteiger charge is 2.24. The lowest BCUT2D eigenvalue weighted by molar-refractivity contribution is -0.870. The van der Waals surface area contributed by atoms with Gasteiger partial charge in [-0.3, -0.25) is 9.36 Å². The molecule has 0 aromatic carbocycles. The number of rotatable bonds is 42. The van der Waals surface area contributed by atoms with Crippen molar-refractivity contribution in [2.45, 2.75) is 212 Å². The highest BCUT2D eigenvalue weighted by molar-refractivity contribution is 7.45. The molecule has 0 aromatic rings. The molecule has 0 heterocycles. The van der Waals surface area contributed by atoms with E-state index in [0.717, 1.165) is 64.2 Å². The van der Waals surface area contributed by atoms with Crippen LogP contribution < -0.4 is 10.2 Å². The number of phosphoric acid groups is 1. The van der Waals surface area contributed by atoms with Gasteiger partial charge in [-0.1, -0.05) is 191 Å². The third kappa shape index (κ3) is 42.4. The number of likely N-dealkylation sites (N-methyl/N-ethyl adjacent to an activating group) is 1. The van der Waals surface area contributed by atoms with Gasteiger partial charge in [-0.2, -0.15) is 0 Å². The number of aliphatic hydroxyl groups excluding tert-OH is 1. The average molecular weight is 823 g/mol. The maximum absolute atomic E-state index is 12.9. The highest BCUT2D eigenvalue weighted by Crippen LogP contribution is 2.38. The van der Waals surface area contributed by atoms with Gasteiger partial charge >= 0.3 is 0 Å². The van der Waals surface area contributed by atoms with E-state index in [-0.39, 0.29) is 19.1 Å². The van der Waals surface area contributed by atoms with Crippen molar-refractivity contribution in [1.82, 2.24) is 5.32 Å². The first kappa shape index (κ1) is 55.5. The largest absolute Gasteiger partial charge is 0.756 e. The van der Waals surface area contributed by atoms with E-state index in [2.05, 4.69) is 67.8 Å². The van der Waals surface area contributed by atoms with E-state index < -0.39 is 20.0 Å². The fraction of sp³-hybridized carbons (Fsp3) is 0.812. The van der Waals surface area contributed by atoms with Crippen LogP contribution in [0.25, 0.3) is 0 Å². The lowest BCUT2D eigenvalue weighted by Gasteiger charge is -2.30. The van der Waals surface area contributed by atoms with Gasteiger partial charge in [0.1, 0.15) is 13.2 Å². The second-order valence-electron chi connectivity index (χ2n) is 17.1. The molecule has 0 radical (unpaired) electrons. The molecule has 0 spiro atoms. The summed E-state index contributed by atoms with van der Waals surface area (Å²) in [6.45, 7) is 4.59. The van der Waals surface area contributed by atoms with E-state index >= 15 is 0 Å². The summed E-state index contributed by atoms with van der Waals surface area (Å²) in [6.07, 6.45) is 49.7. The fourth-order valence-electron chi connectivity index (χ4n) is 6.62. The predicted molar refractivity (Wildman–Crippen MR) is 242 cm³/mol. The number of phosphoric ester groups is 1. The number of amides is 1. The Morgan fingerprint density at radius 1 is 0.632 bits per heavy atom. The minimum absolute atomic E-state index is 0.00989. The number of allylic oxidation sites excluding steroid dienone is 8. The van der Waals surface area contributed by atoms with Crippen LogP contribution in [0.15, 0.2) is 48.6 Å². The van der Waals surface area contributed by atoms with Crippen LogP contribution in [-0.4, -0.2) is 68.5 Å². The number of carbonyl (C=O) groups excluding carboxylic acids is 1.